The van der Waals surface area contributed by atoms with Crippen molar-refractivity contribution in [3.8, 4) is 0 Å². The van der Waals surface area contributed by atoms with Gasteiger partial charge in [0.1, 0.15) is 6.10 Å². The molecule has 0 aromatic rings. The van der Waals surface area contributed by atoms with Gasteiger partial charge in [-0.3, -0.25) is 0 Å². The van der Waals surface area contributed by atoms with Crippen molar-refractivity contribution in [1.82, 2.24) is 4.90 Å². The largest absolute Gasteiger partial charge is 0.388 e. The van der Waals surface area contributed by atoms with Crippen LogP contribution in [0.4, 0.5) is 0 Å². The zero-order valence-electron chi connectivity index (χ0n) is 9.11. The third-order valence-corrected chi connectivity index (χ3v) is 1.54. The average molecular weight is 203 g/mol. The summed E-state index contributed by atoms with van der Waals surface area (Å²) in [6.07, 6.45) is 1.11. The van der Waals surface area contributed by atoms with Crippen molar-refractivity contribution in [2.45, 2.75) is 6.10 Å². The number of hydrogen-bond donors (Lipinski definition) is 1. The average Bonchev–Trinajstić information content (AvgIpc) is 2.13. The predicted octanol–water partition coefficient (Wildman–Crippen LogP) is 0.128. The van der Waals surface area contributed by atoms with Crippen LogP contribution in [-0.2, 0) is 9.47 Å². The Morgan fingerprint density at radius 2 is 2.00 bits per heavy atom. The lowest BCUT2D eigenvalue weighted by Crippen LogP contribution is -2.25. The monoisotopic (exact) mass is 203 g/mol. The van der Waals surface area contributed by atoms with E-state index in [-0.39, 0.29) is 0 Å². The molecule has 4 heteroatoms. The molecular formula is C10H21NO3. The predicted molar refractivity (Wildman–Crippen MR) is 56.4 cm³/mol. The molecule has 1 atom stereocenters. The summed E-state index contributed by atoms with van der Waals surface area (Å²) in [5, 5.41) is 9.34. The smallest absolute Gasteiger partial charge is 0.101 e. The van der Waals surface area contributed by atoms with Crippen molar-refractivity contribution < 1.29 is 14.6 Å². The van der Waals surface area contributed by atoms with Gasteiger partial charge in [0.2, 0.25) is 0 Å². The molecule has 0 heterocycles. The third kappa shape index (κ3) is 9.67. The van der Waals surface area contributed by atoms with E-state index in [0.29, 0.717) is 26.4 Å². The Balaban J connectivity index is 3.17. The highest BCUT2D eigenvalue weighted by Gasteiger charge is 2.03. The lowest BCUT2D eigenvalue weighted by Gasteiger charge is -2.13. The Morgan fingerprint density at radius 3 is 2.57 bits per heavy atom. The zero-order valence-corrected chi connectivity index (χ0v) is 9.11. The van der Waals surface area contributed by atoms with Crippen molar-refractivity contribution >= 4 is 0 Å². The number of ether oxygens (including phenoxy) is 2. The molecule has 1 N–H and O–H groups in total. The molecular weight excluding hydrogens is 182 g/mol. The van der Waals surface area contributed by atoms with Crippen LogP contribution in [-0.4, -0.2) is 63.2 Å². The summed E-state index contributed by atoms with van der Waals surface area (Å²) in [4.78, 5) is 2.03. The molecule has 0 spiro atoms. The lowest BCUT2D eigenvalue weighted by atomic mass is 10.4. The van der Waals surface area contributed by atoms with Gasteiger partial charge in [0.25, 0.3) is 0 Å². The minimum Gasteiger partial charge on any atom is -0.388 e. The fourth-order valence-corrected chi connectivity index (χ4v) is 0.802. The number of likely N-dealkylation sites (N-methyl/N-ethyl adjacent to an activating group) is 1. The molecule has 0 fully saturated rings. The Labute approximate surface area is 86.1 Å². The second-order valence-electron chi connectivity index (χ2n) is 3.36. The molecule has 0 aromatic carbocycles. The van der Waals surface area contributed by atoms with Crippen LogP contribution in [0.5, 0.6) is 0 Å². The zero-order chi connectivity index (χ0) is 10.8. The van der Waals surface area contributed by atoms with Gasteiger partial charge < -0.3 is 19.5 Å². The maximum absolute atomic E-state index is 9.34. The van der Waals surface area contributed by atoms with Crippen LogP contribution in [0, 0.1) is 0 Å². The van der Waals surface area contributed by atoms with Crippen molar-refractivity contribution in [3.63, 3.8) is 0 Å². The van der Waals surface area contributed by atoms with E-state index >= 15 is 0 Å². The number of rotatable bonds is 9. The van der Waals surface area contributed by atoms with Crippen LogP contribution in [0.25, 0.3) is 0 Å². The molecule has 14 heavy (non-hydrogen) atoms. The molecule has 1 unspecified atom stereocenters. The van der Waals surface area contributed by atoms with E-state index < -0.39 is 6.10 Å². The Morgan fingerprint density at radius 1 is 1.36 bits per heavy atom. The van der Waals surface area contributed by atoms with E-state index in [1.54, 1.807) is 6.08 Å². The van der Waals surface area contributed by atoms with Gasteiger partial charge in [-0.15, -0.1) is 6.58 Å². The fourth-order valence-electron chi connectivity index (χ4n) is 0.802. The SMILES string of the molecule is C=CCOCC(O)COCCN(C)C. The van der Waals surface area contributed by atoms with Crippen LogP contribution in [0.3, 0.4) is 0 Å². The summed E-state index contributed by atoms with van der Waals surface area (Å²) in [6.45, 7) is 6.09. The van der Waals surface area contributed by atoms with E-state index in [2.05, 4.69) is 6.58 Å². The summed E-state index contributed by atoms with van der Waals surface area (Å²) in [5.74, 6) is 0. The second kappa shape index (κ2) is 9.15. The summed E-state index contributed by atoms with van der Waals surface area (Å²) < 4.78 is 10.3. The van der Waals surface area contributed by atoms with Gasteiger partial charge >= 0.3 is 0 Å². The molecule has 0 amide bonds. The van der Waals surface area contributed by atoms with Crippen molar-refractivity contribution in [1.29, 1.82) is 0 Å². The number of aliphatic hydroxyl groups is 1. The van der Waals surface area contributed by atoms with Crippen LogP contribution < -0.4 is 0 Å². The maximum Gasteiger partial charge on any atom is 0.101 e. The van der Waals surface area contributed by atoms with Gasteiger partial charge in [0, 0.05) is 6.54 Å². The minimum absolute atomic E-state index is 0.300. The molecule has 0 bridgehead atoms. The van der Waals surface area contributed by atoms with Crippen LogP contribution in [0.15, 0.2) is 12.7 Å². The summed E-state index contributed by atoms with van der Waals surface area (Å²) in [7, 11) is 3.96. The molecule has 0 radical (unpaired) electrons. The first-order valence-electron chi connectivity index (χ1n) is 4.76. The van der Waals surface area contributed by atoms with E-state index in [4.69, 9.17) is 9.47 Å². The van der Waals surface area contributed by atoms with Crippen molar-refractivity contribution in [3.05, 3.63) is 12.7 Å². The first-order valence-corrected chi connectivity index (χ1v) is 4.76. The Hall–Kier alpha value is -0.420. The maximum atomic E-state index is 9.34. The van der Waals surface area contributed by atoms with Gasteiger partial charge in [-0.05, 0) is 14.1 Å². The molecule has 0 aromatic heterocycles. The molecule has 0 aliphatic carbocycles. The second-order valence-corrected chi connectivity index (χ2v) is 3.36. The third-order valence-electron chi connectivity index (χ3n) is 1.54. The standard InChI is InChI=1S/C10H21NO3/c1-4-6-13-8-10(12)9-14-7-5-11(2)3/h4,10,12H,1,5-9H2,2-3H3. The number of nitrogens with zero attached hydrogens (tertiary/aromatic N) is 1. The van der Waals surface area contributed by atoms with Crippen molar-refractivity contribution in [2.75, 3.05) is 47.1 Å². The summed E-state index contributed by atoms with van der Waals surface area (Å²) in [5.41, 5.74) is 0. The van der Waals surface area contributed by atoms with Gasteiger partial charge in [0.15, 0.2) is 0 Å². The Bertz CT molecular complexity index is 139. The minimum atomic E-state index is -0.544. The van der Waals surface area contributed by atoms with Crippen molar-refractivity contribution in [2.24, 2.45) is 0 Å². The highest BCUT2D eigenvalue weighted by atomic mass is 16.5. The number of hydrogen-bond acceptors (Lipinski definition) is 4. The molecule has 0 rings (SSSR count). The van der Waals surface area contributed by atoms with Crippen LogP contribution >= 0.6 is 0 Å². The lowest BCUT2D eigenvalue weighted by molar-refractivity contribution is -0.0152. The molecule has 84 valence electrons. The van der Waals surface area contributed by atoms with E-state index in [9.17, 15) is 5.11 Å². The normalized spacial score (nSPS) is 13.1. The van der Waals surface area contributed by atoms with Gasteiger partial charge in [-0.1, -0.05) is 6.08 Å². The van der Waals surface area contributed by atoms with Crippen LogP contribution in [0.1, 0.15) is 0 Å². The topological polar surface area (TPSA) is 41.9 Å². The highest BCUT2D eigenvalue weighted by Crippen LogP contribution is 1.88. The van der Waals surface area contributed by atoms with Gasteiger partial charge in [-0.2, -0.15) is 0 Å². The Kier molecular flexibility index (Phi) is 8.87. The molecule has 4 nitrogen and oxygen atoms in total. The summed E-state index contributed by atoms with van der Waals surface area (Å²) in [6, 6.07) is 0. The number of aliphatic hydroxyl groups excluding tert-OH is 1. The van der Waals surface area contributed by atoms with Gasteiger partial charge in [0.05, 0.1) is 26.4 Å². The fraction of sp³-hybridized carbons (Fsp3) is 0.800. The van der Waals surface area contributed by atoms with Crippen LogP contribution in [0.2, 0.25) is 0 Å². The molecule has 0 aliphatic heterocycles. The molecule has 0 saturated carbocycles. The van der Waals surface area contributed by atoms with E-state index in [1.807, 2.05) is 19.0 Å². The summed E-state index contributed by atoms with van der Waals surface area (Å²) >= 11 is 0. The highest BCUT2D eigenvalue weighted by molar-refractivity contribution is 4.64. The van der Waals surface area contributed by atoms with E-state index in [1.165, 1.54) is 0 Å². The first-order chi connectivity index (χ1) is 6.66. The molecule has 0 aliphatic rings. The first kappa shape index (κ1) is 13.6. The van der Waals surface area contributed by atoms with E-state index in [0.717, 1.165) is 6.54 Å². The van der Waals surface area contributed by atoms with Gasteiger partial charge in [-0.25, -0.2) is 0 Å². The quantitative estimate of drug-likeness (QED) is 0.427. The molecule has 0 saturated heterocycles.